The summed E-state index contributed by atoms with van der Waals surface area (Å²) >= 11 is 0. The molecule has 4 rings (SSSR count). The number of ketones is 3. The van der Waals surface area contributed by atoms with Crippen LogP contribution in [0.5, 0.6) is 0 Å². The molecule has 0 aromatic rings. The van der Waals surface area contributed by atoms with Gasteiger partial charge in [0.1, 0.15) is 22.9 Å². The van der Waals surface area contributed by atoms with Gasteiger partial charge >= 0.3 is 0 Å². The summed E-state index contributed by atoms with van der Waals surface area (Å²) in [5, 5.41) is 34.7. The fraction of sp³-hybridized carbons (Fsp3) is 0.774. The number of carbonyl (C=O) groups is 3. The van der Waals surface area contributed by atoms with E-state index in [0.29, 0.717) is 32.1 Å². The first-order chi connectivity index (χ1) is 17.9. The van der Waals surface area contributed by atoms with Crippen molar-refractivity contribution in [2.45, 2.75) is 129 Å². The van der Waals surface area contributed by atoms with E-state index in [-0.39, 0.29) is 53.0 Å². The highest BCUT2D eigenvalue weighted by Gasteiger charge is 2.66. The molecule has 39 heavy (non-hydrogen) atoms. The largest absolute Gasteiger partial charge is 0.487 e. The van der Waals surface area contributed by atoms with Crippen molar-refractivity contribution in [3.05, 3.63) is 23.0 Å². The van der Waals surface area contributed by atoms with E-state index in [2.05, 4.69) is 0 Å². The molecule has 0 aromatic carbocycles. The van der Waals surface area contributed by atoms with Gasteiger partial charge in [-0.1, -0.05) is 27.7 Å². The Labute approximate surface area is 231 Å². The van der Waals surface area contributed by atoms with Gasteiger partial charge in [0, 0.05) is 29.6 Å². The van der Waals surface area contributed by atoms with Crippen molar-refractivity contribution in [3.63, 3.8) is 0 Å². The molecular formula is C31H46O8. The Morgan fingerprint density at radius 3 is 2.38 bits per heavy atom. The average Bonchev–Trinajstić information content (AvgIpc) is 2.82. The van der Waals surface area contributed by atoms with Crippen molar-refractivity contribution in [2.24, 2.45) is 23.2 Å². The highest BCUT2D eigenvalue weighted by atomic mass is 16.5. The Bertz CT molecular complexity index is 1110. The summed E-state index contributed by atoms with van der Waals surface area (Å²) in [6.07, 6.45) is 1.95. The molecule has 1 saturated carbocycles. The summed E-state index contributed by atoms with van der Waals surface area (Å²) in [7, 11) is 0. The van der Waals surface area contributed by atoms with E-state index in [9.17, 15) is 29.7 Å². The van der Waals surface area contributed by atoms with E-state index in [1.54, 1.807) is 27.7 Å². The number of fused-ring (bicyclic) bond motifs is 3. The molecule has 2 aliphatic heterocycles. The van der Waals surface area contributed by atoms with Gasteiger partial charge in [-0.05, 0) is 71.4 Å². The Hall–Kier alpha value is -1.87. The number of aliphatic hydroxyl groups excluding tert-OH is 1. The van der Waals surface area contributed by atoms with Gasteiger partial charge < -0.3 is 24.8 Å². The molecule has 2 fully saturated rings. The minimum atomic E-state index is -2.01. The molecule has 0 spiro atoms. The van der Waals surface area contributed by atoms with E-state index in [1.165, 1.54) is 13.0 Å². The van der Waals surface area contributed by atoms with Crippen LogP contribution in [-0.4, -0.2) is 67.8 Å². The van der Waals surface area contributed by atoms with E-state index in [0.717, 1.165) is 0 Å². The number of hydrogen-bond donors (Lipinski definition) is 3. The van der Waals surface area contributed by atoms with Crippen molar-refractivity contribution in [1.29, 1.82) is 0 Å². The van der Waals surface area contributed by atoms with Crippen molar-refractivity contribution < 1.29 is 39.2 Å². The van der Waals surface area contributed by atoms with E-state index in [1.807, 2.05) is 20.8 Å². The zero-order chi connectivity index (χ0) is 29.3. The van der Waals surface area contributed by atoms with Gasteiger partial charge in [-0.3, -0.25) is 14.4 Å². The van der Waals surface area contributed by atoms with Gasteiger partial charge in [0.15, 0.2) is 11.4 Å². The quantitative estimate of drug-likeness (QED) is 0.442. The predicted octanol–water partition coefficient (Wildman–Crippen LogP) is 3.60. The Morgan fingerprint density at radius 1 is 1.18 bits per heavy atom. The van der Waals surface area contributed by atoms with Crippen LogP contribution >= 0.6 is 0 Å². The molecule has 3 N–H and O–H groups in total. The van der Waals surface area contributed by atoms with Crippen LogP contribution in [0.25, 0.3) is 0 Å². The third kappa shape index (κ3) is 4.75. The summed E-state index contributed by atoms with van der Waals surface area (Å²) in [4.78, 5) is 39.3. The molecule has 218 valence electrons. The highest BCUT2D eigenvalue weighted by Crippen LogP contribution is 2.61. The normalized spacial score (nSPS) is 40.0. The maximum atomic E-state index is 13.7. The number of aliphatic hydroxyl groups is 3. The molecule has 0 amide bonds. The highest BCUT2D eigenvalue weighted by molar-refractivity contribution is 6.08. The first kappa shape index (κ1) is 30.1. The number of rotatable bonds is 7. The number of carbonyl (C=O) groups excluding carboxylic acids is 3. The minimum absolute atomic E-state index is 0.0420. The average molecular weight is 547 g/mol. The third-order valence-electron chi connectivity index (χ3n) is 10.2. The van der Waals surface area contributed by atoms with Gasteiger partial charge in [-0.2, -0.15) is 0 Å². The second kappa shape index (κ2) is 9.89. The number of hydrogen-bond acceptors (Lipinski definition) is 8. The summed E-state index contributed by atoms with van der Waals surface area (Å²) in [6.45, 7) is 14.1. The third-order valence-corrected chi connectivity index (χ3v) is 10.2. The lowest BCUT2D eigenvalue weighted by Gasteiger charge is -2.62. The lowest BCUT2D eigenvalue weighted by molar-refractivity contribution is -0.264. The molecule has 2 heterocycles. The molecule has 9 atom stereocenters. The van der Waals surface area contributed by atoms with Crippen molar-refractivity contribution in [2.75, 3.05) is 0 Å². The monoisotopic (exact) mass is 546 g/mol. The van der Waals surface area contributed by atoms with Gasteiger partial charge in [0.05, 0.1) is 29.5 Å². The smallest absolute Gasteiger partial charge is 0.188 e. The Kier molecular flexibility index (Phi) is 7.64. The Morgan fingerprint density at radius 2 is 1.82 bits per heavy atom. The second-order valence-corrected chi connectivity index (χ2v) is 13.6. The molecule has 2 aliphatic carbocycles. The van der Waals surface area contributed by atoms with E-state index >= 15 is 0 Å². The standard InChI is InChI=1S/C31H46O8/c1-9-16(2)24(34)18(4)19-14-20(33)23-25(35)26-29(7)12-10-21(28(5,6)36)38-22(29)11-13-30(26,8)39-27(23)31(19,37)15-17(3)32/h14,16,18,21-22,25-26,35-37H,9-13,15H2,1-8H3/t16-,18-,21+,22+,25+,26+,29-,30+,31?/m0/s1. The van der Waals surface area contributed by atoms with Gasteiger partial charge in [-0.25, -0.2) is 0 Å². The summed E-state index contributed by atoms with van der Waals surface area (Å²) in [6, 6.07) is 0. The molecule has 1 unspecified atom stereocenters. The number of allylic oxidation sites excluding steroid dienone is 1. The zero-order valence-corrected chi connectivity index (χ0v) is 24.7. The van der Waals surface area contributed by atoms with Crippen LogP contribution in [0.15, 0.2) is 23.0 Å². The fourth-order valence-electron chi connectivity index (χ4n) is 7.81. The molecule has 8 nitrogen and oxygen atoms in total. The molecule has 1 saturated heterocycles. The topological polar surface area (TPSA) is 130 Å². The molecule has 4 aliphatic rings. The van der Waals surface area contributed by atoms with Crippen LogP contribution < -0.4 is 0 Å². The van der Waals surface area contributed by atoms with Crippen molar-refractivity contribution in [1.82, 2.24) is 0 Å². The number of ether oxygens (including phenoxy) is 2. The van der Waals surface area contributed by atoms with Crippen molar-refractivity contribution >= 4 is 17.3 Å². The van der Waals surface area contributed by atoms with Crippen LogP contribution in [0.1, 0.15) is 93.9 Å². The first-order valence-corrected chi connectivity index (χ1v) is 14.4. The van der Waals surface area contributed by atoms with Crippen LogP contribution in [0.2, 0.25) is 0 Å². The van der Waals surface area contributed by atoms with Crippen molar-refractivity contribution in [3.8, 4) is 0 Å². The first-order valence-electron chi connectivity index (χ1n) is 14.4. The summed E-state index contributed by atoms with van der Waals surface area (Å²) in [5.74, 6) is -2.69. The predicted molar refractivity (Wildman–Crippen MR) is 145 cm³/mol. The molecule has 0 bridgehead atoms. The van der Waals surface area contributed by atoms with Crippen LogP contribution in [0, 0.1) is 23.2 Å². The maximum absolute atomic E-state index is 13.7. The number of Topliss-reactive ketones (excluding diaryl/α,β-unsaturated/α-hetero) is 2. The fourth-order valence-corrected chi connectivity index (χ4v) is 7.81. The summed E-state index contributed by atoms with van der Waals surface area (Å²) in [5.41, 5.74) is -4.43. The van der Waals surface area contributed by atoms with Crippen LogP contribution in [0.4, 0.5) is 0 Å². The molecule has 0 aromatic heterocycles. The van der Waals surface area contributed by atoms with E-state index < -0.39 is 45.9 Å². The summed E-state index contributed by atoms with van der Waals surface area (Å²) < 4.78 is 13.0. The van der Waals surface area contributed by atoms with E-state index in [4.69, 9.17) is 9.47 Å². The lowest BCUT2D eigenvalue weighted by atomic mass is 9.52. The second-order valence-electron chi connectivity index (χ2n) is 13.6. The molecular weight excluding hydrogens is 500 g/mol. The van der Waals surface area contributed by atoms with Gasteiger partial charge in [0.2, 0.25) is 0 Å². The van der Waals surface area contributed by atoms with Crippen LogP contribution in [0.3, 0.4) is 0 Å². The minimum Gasteiger partial charge on any atom is -0.487 e. The van der Waals surface area contributed by atoms with Gasteiger partial charge in [0.25, 0.3) is 0 Å². The van der Waals surface area contributed by atoms with Crippen LogP contribution in [-0.2, 0) is 23.9 Å². The Balaban J connectivity index is 1.79. The zero-order valence-electron chi connectivity index (χ0n) is 24.7. The molecule has 0 radical (unpaired) electrons. The molecule has 8 heteroatoms. The maximum Gasteiger partial charge on any atom is 0.188 e. The SMILES string of the molecule is CC[C@H](C)C(=O)[C@@H](C)C1=CC(=O)C2=C(O[C@]3(C)CC[C@H]4O[C@@H](C(C)(C)O)CC[C@]4(C)[C@H]3[C@@H]2O)C1(O)CC(C)=O. The van der Waals surface area contributed by atoms with Gasteiger partial charge in [-0.15, -0.1) is 0 Å². The lowest BCUT2D eigenvalue weighted by Crippen LogP contribution is -2.67.